The zero-order chi connectivity index (χ0) is 28.9. The number of hydrogen-bond acceptors (Lipinski definition) is 6. The van der Waals surface area contributed by atoms with Crippen molar-refractivity contribution >= 4 is 50.7 Å². The van der Waals surface area contributed by atoms with Gasteiger partial charge in [0.25, 0.3) is 0 Å². The molecule has 7 nitrogen and oxygen atoms in total. The Morgan fingerprint density at radius 3 is 2.65 bits per heavy atom. The number of carbonyl (C=O) groups is 1. The molecule has 4 rings (SSSR count). The topological polar surface area (TPSA) is 111 Å². The summed E-state index contributed by atoms with van der Waals surface area (Å²) in [5, 5.41) is 14.3. The van der Waals surface area contributed by atoms with Crippen LogP contribution in [0.2, 0.25) is 10.0 Å². The quantitative estimate of drug-likeness (QED) is 0.202. The van der Waals surface area contributed by atoms with E-state index in [9.17, 15) is 23.5 Å². The normalized spacial score (nSPS) is 16.3. The van der Waals surface area contributed by atoms with Crippen LogP contribution in [0.15, 0.2) is 35.1 Å². The van der Waals surface area contributed by atoms with E-state index < -0.39 is 5.92 Å². The van der Waals surface area contributed by atoms with Crippen LogP contribution in [0.3, 0.4) is 0 Å². The van der Waals surface area contributed by atoms with Crippen molar-refractivity contribution in [3.05, 3.63) is 61.2 Å². The van der Waals surface area contributed by atoms with E-state index in [-0.39, 0.29) is 60.7 Å². The highest BCUT2D eigenvalue weighted by atomic mass is 35.5. The number of carbonyl (C=O) groups excluding carboxylic acids is 1. The fourth-order valence-corrected chi connectivity index (χ4v) is 6.37. The minimum Gasteiger partial charge on any atom is -0.506 e. The fraction of sp³-hybridized carbons (Fsp3) is 0.500. The molecular weight excluding hydrogens is 581 g/mol. The highest BCUT2D eigenvalue weighted by Gasteiger charge is 2.38. The average Bonchev–Trinajstić information content (AvgIpc) is 3.31. The second-order valence-electron chi connectivity index (χ2n) is 10.4. The van der Waals surface area contributed by atoms with Crippen molar-refractivity contribution in [2.24, 2.45) is 5.73 Å². The molecule has 1 heterocycles. The van der Waals surface area contributed by atoms with E-state index in [2.05, 4.69) is 10.3 Å². The smallest absolute Gasteiger partial charge is 0.305 e. The Bertz CT molecular complexity index is 1370. The maximum absolute atomic E-state index is 13.8. The summed E-state index contributed by atoms with van der Waals surface area (Å²) < 4.78 is 28.4. The van der Waals surface area contributed by atoms with Crippen LogP contribution in [0.1, 0.15) is 49.7 Å². The molecule has 0 spiro atoms. The molecule has 0 saturated heterocycles. The standard InChI is InChI=1S/C28H34Cl2F2N4O3S/c29-21-5-2-17(15-22(21)30)1-4-19(33)16-24(38)36(20-7-10-28(31,32)11-8-20)14-13-34-12-9-18-3-6-23(37)25-26(18)40-27(39)35-25/h2-3,5-6,15,19-20,34,37H,1,4,7-14,16,33H2,(H,35,39). The van der Waals surface area contributed by atoms with Gasteiger partial charge in [-0.2, -0.15) is 0 Å². The minimum absolute atomic E-state index is 0.0347. The second-order valence-corrected chi connectivity index (χ2v) is 12.2. The number of H-pyrrole nitrogens is 1. The lowest BCUT2D eigenvalue weighted by Crippen LogP contribution is -2.48. The van der Waals surface area contributed by atoms with Crippen LogP contribution in [0.25, 0.3) is 10.2 Å². The number of phenols is 1. The van der Waals surface area contributed by atoms with Gasteiger partial charge in [0.2, 0.25) is 11.8 Å². The molecule has 1 aromatic heterocycles. The van der Waals surface area contributed by atoms with E-state index in [0.29, 0.717) is 54.5 Å². The number of aromatic nitrogens is 1. The lowest BCUT2D eigenvalue weighted by molar-refractivity contribution is -0.137. The number of aromatic amines is 1. The summed E-state index contributed by atoms with van der Waals surface area (Å²) in [6, 6.07) is 8.12. The Labute approximate surface area is 245 Å². The number of alkyl halides is 2. The van der Waals surface area contributed by atoms with Crippen molar-refractivity contribution < 1.29 is 18.7 Å². The van der Waals surface area contributed by atoms with Crippen molar-refractivity contribution in [1.29, 1.82) is 0 Å². The van der Waals surface area contributed by atoms with Crippen LogP contribution in [-0.4, -0.2) is 58.5 Å². The minimum atomic E-state index is -2.68. The summed E-state index contributed by atoms with van der Waals surface area (Å²) in [7, 11) is 0. The third-order valence-electron chi connectivity index (χ3n) is 7.41. The van der Waals surface area contributed by atoms with Crippen LogP contribution >= 0.6 is 34.5 Å². The van der Waals surface area contributed by atoms with Gasteiger partial charge in [-0.25, -0.2) is 8.78 Å². The van der Waals surface area contributed by atoms with Gasteiger partial charge >= 0.3 is 4.87 Å². The third kappa shape index (κ3) is 8.16. The number of amides is 1. The molecule has 1 atom stereocenters. The van der Waals surface area contributed by atoms with Crippen LogP contribution in [0, 0.1) is 0 Å². The van der Waals surface area contributed by atoms with Crippen molar-refractivity contribution in [3.8, 4) is 5.75 Å². The Morgan fingerprint density at radius 2 is 1.93 bits per heavy atom. The Hall–Kier alpha value is -2.24. The van der Waals surface area contributed by atoms with Crippen molar-refractivity contribution in [3.63, 3.8) is 0 Å². The summed E-state index contributed by atoms with van der Waals surface area (Å²) in [6.45, 7) is 1.46. The zero-order valence-corrected chi connectivity index (χ0v) is 24.4. The van der Waals surface area contributed by atoms with Gasteiger partial charge in [-0.3, -0.25) is 9.59 Å². The number of aryl methyl sites for hydroxylation is 1. The molecule has 1 amide bonds. The number of hydrogen-bond donors (Lipinski definition) is 4. The summed E-state index contributed by atoms with van der Waals surface area (Å²) >= 11 is 13.1. The number of nitrogens with one attached hydrogen (secondary N) is 2. The number of thiazole rings is 1. The highest BCUT2D eigenvalue weighted by Crippen LogP contribution is 2.35. The van der Waals surface area contributed by atoms with E-state index in [1.165, 1.54) is 0 Å². The monoisotopic (exact) mass is 614 g/mol. The van der Waals surface area contributed by atoms with Crippen molar-refractivity contribution in [1.82, 2.24) is 15.2 Å². The number of benzene rings is 2. The largest absolute Gasteiger partial charge is 0.506 e. The maximum Gasteiger partial charge on any atom is 0.305 e. The number of halogens is 4. The van der Waals surface area contributed by atoms with E-state index in [0.717, 1.165) is 27.2 Å². The lowest BCUT2D eigenvalue weighted by Gasteiger charge is -2.37. The molecule has 2 aromatic carbocycles. The van der Waals surface area contributed by atoms with Crippen LogP contribution in [0.4, 0.5) is 8.78 Å². The lowest BCUT2D eigenvalue weighted by atomic mass is 9.90. The Balaban J connectivity index is 1.31. The number of aromatic hydroxyl groups is 1. The molecule has 40 heavy (non-hydrogen) atoms. The number of phenolic OH excluding ortho intramolecular Hbond substituents is 1. The first-order valence-corrected chi connectivity index (χ1v) is 15.0. The molecule has 1 fully saturated rings. The van der Waals surface area contributed by atoms with Gasteiger partial charge in [-0.1, -0.05) is 46.7 Å². The van der Waals surface area contributed by atoms with Crippen LogP contribution in [0.5, 0.6) is 5.75 Å². The number of nitrogens with two attached hydrogens (primary N) is 1. The number of nitrogens with zero attached hydrogens (tertiary/aromatic N) is 1. The summed E-state index contributed by atoms with van der Waals surface area (Å²) in [5.74, 6) is -2.78. The predicted octanol–water partition coefficient (Wildman–Crippen LogP) is 5.49. The number of fused-ring (bicyclic) bond motifs is 1. The molecule has 3 aromatic rings. The van der Waals surface area contributed by atoms with E-state index in [1.54, 1.807) is 29.2 Å². The molecule has 0 aliphatic heterocycles. The van der Waals surface area contributed by atoms with E-state index >= 15 is 0 Å². The van der Waals surface area contributed by atoms with Crippen LogP contribution in [-0.2, 0) is 17.6 Å². The first-order valence-electron chi connectivity index (χ1n) is 13.4. The second kappa shape index (κ2) is 13.6. The predicted molar refractivity (Wildman–Crippen MR) is 157 cm³/mol. The SMILES string of the molecule is NC(CCc1ccc(Cl)c(Cl)c1)CC(=O)N(CCNCCc1ccc(O)c2[nH]c(=O)sc12)C1CCC(F)(F)CC1. The molecule has 0 bridgehead atoms. The Morgan fingerprint density at radius 1 is 1.18 bits per heavy atom. The molecule has 218 valence electrons. The molecule has 1 aliphatic rings. The Kier molecular flexibility index (Phi) is 10.5. The maximum atomic E-state index is 13.8. The van der Waals surface area contributed by atoms with Gasteiger partial charge in [-0.05, 0) is 68.0 Å². The first-order chi connectivity index (χ1) is 19.0. The van der Waals surface area contributed by atoms with Gasteiger partial charge in [0.05, 0.1) is 14.7 Å². The molecule has 1 unspecified atom stereocenters. The molecule has 1 aliphatic carbocycles. The summed E-state index contributed by atoms with van der Waals surface area (Å²) in [4.78, 5) is 29.2. The molecule has 12 heteroatoms. The zero-order valence-electron chi connectivity index (χ0n) is 22.0. The van der Waals surface area contributed by atoms with Crippen molar-refractivity contribution in [2.75, 3.05) is 19.6 Å². The van der Waals surface area contributed by atoms with E-state index in [4.69, 9.17) is 28.9 Å². The molecule has 5 N–H and O–H groups in total. The molecule has 0 radical (unpaired) electrons. The van der Waals surface area contributed by atoms with Crippen molar-refractivity contribution in [2.45, 2.75) is 69.4 Å². The summed E-state index contributed by atoms with van der Waals surface area (Å²) in [6.07, 6.45) is 2.03. The van der Waals surface area contributed by atoms with Crippen LogP contribution < -0.4 is 15.9 Å². The van der Waals surface area contributed by atoms with Gasteiger partial charge in [0.1, 0.15) is 11.3 Å². The highest BCUT2D eigenvalue weighted by molar-refractivity contribution is 7.16. The molecular formula is C28H34Cl2F2N4O3S. The third-order valence-corrected chi connectivity index (χ3v) is 9.11. The van der Waals surface area contributed by atoms with Gasteiger partial charge < -0.3 is 26.0 Å². The summed E-state index contributed by atoms with van der Waals surface area (Å²) in [5.41, 5.74) is 8.66. The first kappa shape index (κ1) is 30.7. The fourth-order valence-electron chi connectivity index (χ4n) is 5.16. The average molecular weight is 616 g/mol. The number of rotatable bonds is 12. The van der Waals surface area contributed by atoms with Gasteiger partial charge in [0, 0.05) is 44.4 Å². The molecule has 1 saturated carbocycles. The van der Waals surface area contributed by atoms with Gasteiger partial charge in [-0.15, -0.1) is 0 Å². The van der Waals surface area contributed by atoms with Gasteiger partial charge in [0.15, 0.2) is 0 Å². The van der Waals surface area contributed by atoms with E-state index in [1.807, 2.05) is 6.07 Å².